The molecule has 0 radical (unpaired) electrons. The van der Waals surface area contributed by atoms with Crippen LogP contribution in [0.2, 0.25) is 10.0 Å². The van der Waals surface area contributed by atoms with Crippen LogP contribution in [0, 0.1) is 0 Å². The Balaban J connectivity index is 1.80. The second-order valence-corrected chi connectivity index (χ2v) is 4.86. The van der Waals surface area contributed by atoms with Gasteiger partial charge in [0.15, 0.2) is 0 Å². The number of rotatable bonds is 5. The highest BCUT2D eigenvalue weighted by Gasteiger charge is 2.02. The molecule has 0 aliphatic rings. The maximum atomic E-state index is 6.01. The summed E-state index contributed by atoms with van der Waals surface area (Å²) in [6, 6.07) is 15.6. The second kappa shape index (κ2) is 6.67. The molecule has 0 spiro atoms. The van der Waals surface area contributed by atoms with E-state index >= 15 is 0 Å². The van der Waals surface area contributed by atoms with E-state index in [1.807, 2.05) is 18.2 Å². The first-order chi connectivity index (χ1) is 8.75. The van der Waals surface area contributed by atoms with Gasteiger partial charge in [-0.1, -0.05) is 53.5 Å². The van der Waals surface area contributed by atoms with Crippen molar-refractivity contribution in [3.8, 4) is 5.75 Å². The molecule has 0 N–H and O–H groups in total. The van der Waals surface area contributed by atoms with E-state index in [0.29, 0.717) is 22.4 Å². The van der Waals surface area contributed by atoms with E-state index in [-0.39, 0.29) is 0 Å². The Bertz CT molecular complexity index is 497. The summed E-state index contributed by atoms with van der Waals surface area (Å²) >= 11 is 11.9. The number of hydrogen-bond donors (Lipinski definition) is 0. The fraction of sp³-hybridized carbons (Fsp3) is 0.200. The van der Waals surface area contributed by atoms with E-state index in [2.05, 4.69) is 12.1 Å². The summed E-state index contributed by atoms with van der Waals surface area (Å²) in [5.41, 5.74) is 1.32. The van der Waals surface area contributed by atoms with E-state index in [0.717, 1.165) is 12.8 Å². The first-order valence-corrected chi connectivity index (χ1v) is 6.63. The Kier molecular flexibility index (Phi) is 4.91. The summed E-state index contributed by atoms with van der Waals surface area (Å²) in [6.07, 6.45) is 1.95. The van der Waals surface area contributed by atoms with Crippen molar-refractivity contribution in [1.82, 2.24) is 0 Å². The normalized spacial score (nSPS) is 10.3. The summed E-state index contributed by atoms with van der Waals surface area (Å²) in [5.74, 6) is 0.650. The van der Waals surface area contributed by atoms with Gasteiger partial charge in [-0.3, -0.25) is 0 Å². The standard InChI is InChI=1S/C15H14Cl2O/c16-13-8-9-14(17)15(11-13)18-10-4-7-12-5-2-1-3-6-12/h1-3,5-6,8-9,11H,4,7,10H2. The summed E-state index contributed by atoms with van der Waals surface area (Å²) in [7, 11) is 0. The van der Waals surface area contributed by atoms with Crippen LogP contribution in [0.4, 0.5) is 0 Å². The molecule has 94 valence electrons. The topological polar surface area (TPSA) is 9.23 Å². The molecule has 1 nitrogen and oxygen atoms in total. The monoisotopic (exact) mass is 280 g/mol. The fourth-order valence-electron chi connectivity index (χ4n) is 1.69. The number of ether oxygens (including phenoxy) is 1. The van der Waals surface area contributed by atoms with E-state index in [1.165, 1.54) is 5.56 Å². The molecule has 2 aromatic rings. The number of benzene rings is 2. The lowest BCUT2D eigenvalue weighted by Gasteiger charge is -2.08. The van der Waals surface area contributed by atoms with Gasteiger partial charge in [-0.25, -0.2) is 0 Å². The molecule has 0 bridgehead atoms. The Morgan fingerprint density at radius 2 is 1.72 bits per heavy atom. The van der Waals surface area contributed by atoms with Crippen molar-refractivity contribution in [3.05, 3.63) is 64.1 Å². The van der Waals surface area contributed by atoms with E-state index in [4.69, 9.17) is 27.9 Å². The van der Waals surface area contributed by atoms with Crippen molar-refractivity contribution in [2.75, 3.05) is 6.61 Å². The van der Waals surface area contributed by atoms with Crippen LogP contribution in [-0.2, 0) is 6.42 Å². The Hall–Kier alpha value is -1.18. The smallest absolute Gasteiger partial charge is 0.139 e. The lowest BCUT2D eigenvalue weighted by Crippen LogP contribution is -1.99. The Morgan fingerprint density at radius 3 is 2.50 bits per heavy atom. The lowest BCUT2D eigenvalue weighted by molar-refractivity contribution is 0.311. The molecule has 0 amide bonds. The molecule has 0 aromatic heterocycles. The average Bonchev–Trinajstić information content (AvgIpc) is 2.40. The molecule has 3 heteroatoms. The van der Waals surface area contributed by atoms with Crippen LogP contribution in [-0.4, -0.2) is 6.61 Å². The third kappa shape index (κ3) is 3.94. The highest BCUT2D eigenvalue weighted by Crippen LogP contribution is 2.27. The second-order valence-electron chi connectivity index (χ2n) is 4.01. The van der Waals surface area contributed by atoms with Crippen molar-refractivity contribution in [2.24, 2.45) is 0 Å². The molecule has 0 aliphatic heterocycles. The first kappa shape index (κ1) is 13.3. The van der Waals surface area contributed by atoms with Gasteiger partial charge in [0.05, 0.1) is 11.6 Å². The average molecular weight is 281 g/mol. The van der Waals surface area contributed by atoms with Crippen LogP contribution in [0.25, 0.3) is 0 Å². The molecule has 18 heavy (non-hydrogen) atoms. The lowest BCUT2D eigenvalue weighted by atomic mass is 10.1. The van der Waals surface area contributed by atoms with Crippen molar-refractivity contribution in [1.29, 1.82) is 0 Å². The van der Waals surface area contributed by atoms with E-state index in [1.54, 1.807) is 18.2 Å². The third-order valence-electron chi connectivity index (χ3n) is 2.60. The van der Waals surface area contributed by atoms with Crippen molar-refractivity contribution >= 4 is 23.2 Å². The third-order valence-corrected chi connectivity index (χ3v) is 3.15. The molecule has 0 fully saturated rings. The Labute approximate surface area is 117 Å². The molecule has 2 aromatic carbocycles. The minimum atomic E-state index is 0.596. The van der Waals surface area contributed by atoms with Crippen LogP contribution in [0.5, 0.6) is 5.75 Å². The molecule has 2 rings (SSSR count). The van der Waals surface area contributed by atoms with Gasteiger partial charge in [-0.05, 0) is 30.5 Å². The zero-order valence-corrected chi connectivity index (χ0v) is 11.4. The van der Waals surface area contributed by atoms with Gasteiger partial charge in [0.25, 0.3) is 0 Å². The molecule has 0 aliphatic carbocycles. The summed E-state index contributed by atoms with van der Waals surface area (Å²) < 4.78 is 5.62. The van der Waals surface area contributed by atoms with Crippen LogP contribution >= 0.6 is 23.2 Å². The zero-order valence-electron chi connectivity index (χ0n) is 9.90. The quantitative estimate of drug-likeness (QED) is 0.700. The maximum absolute atomic E-state index is 6.01. The fourth-order valence-corrected chi connectivity index (χ4v) is 2.03. The van der Waals surface area contributed by atoms with Crippen LogP contribution in [0.3, 0.4) is 0 Å². The number of hydrogen-bond acceptors (Lipinski definition) is 1. The van der Waals surface area contributed by atoms with Gasteiger partial charge in [-0.2, -0.15) is 0 Å². The first-order valence-electron chi connectivity index (χ1n) is 5.87. The Morgan fingerprint density at radius 1 is 0.944 bits per heavy atom. The summed E-state index contributed by atoms with van der Waals surface area (Å²) in [4.78, 5) is 0. The summed E-state index contributed by atoms with van der Waals surface area (Å²) in [6.45, 7) is 0.634. The maximum Gasteiger partial charge on any atom is 0.139 e. The van der Waals surface area contributed by atoms with E-state index < -0.39 is 0 Å². The zero-order chi connectivity index (χ0) is 12.8. The molecular formula is C15H14Cl2O. The number of halogens is 2. The molecule has 0 unspecified atom stereocenters. The van der Waals surface area contributed by atoms with Crippen molar-refractivity contribution in [3.63, 3.8) is 0 Å². The predicted molar refractivity (Wildman–Crippen MR) is 76.7 cm³/mol. The highest BCUT2D eigenvalue weighted by atomic mass is 35.5. The molecule has 0 atom stereocenters. The van der Waals surface area contributed by atoms with Crippen LogP contribution in [0.1, 0.15) is 12.0 Å². The molecule has 0 heterocycles. The SMILES string of the molecule is Clc1ccc(Cl)c(OCCCc2ccccc2)c1. The van der Waals surface area contributed by atoms with Gasteiger partial charge in [-0.15, -0.1) is 0 Å². The predicted octanol–water partition coefficient (Wildman–Crippen LogP) is 5.01. The highest BCUT2D eigenvalue weighted by molar-refractivity contribution is 6.34. The largest absolute Gasteiger partial charge is 0.492 e. The number of aryl methyl sites for hydroxylation is 1. The van der Waals surface area contributed by atoms with Crippen molar-refractivity contribution < 1.29 is 4.74 Å². The van der Waals surface area contributed by atoms with Gasteiger partial charge < -0.3 is 4.74 Å². The van der Waals surface area contributed by atoms with Crippen LogP contribution in [0.15, 0.2) is 48.5 Å². The van der Waals surface area contributed by atoms with Gasteiger partial charge in [0, 0.05) is 11.1 Å². The molecule has 0 saturated heterocycles. The van der Waals surface area contributed by atoms with Crippen LogP contribution < -0.4 is 4.74 Å². The van der Waals surface area contributed by atoms with Crippen molar-refractivity contribution in [2.45, 2.75) is 12.8 Å². The molecule has 0 saturated carbocycles. The minimum absolute atomic E-state index is 0.596. The van der Waals surface area contributed by atoms with Gasteiger partial charge >= 0.3 is 0 Å². The summed E-state index contributed by atoms with van der Waals surface area (Å²) in [5, 5.41) is 1.23. The molecular weight excluding hydrogens is 267 g/mol. The van der Waals surface area contributed by atoms with E-state index in [9.17, 15) is 0 Å². The minimum Gasteiger partial charge on any atom is -0.492 e. The van der Waals surface area contributed by atoms with Gasteiger partial charge in [0.2, 0.25) is 0 Å². The van der Waals surface area contributed by atoms with Gasteiger partial charge in [0.1, 0.15) is 5.75 Å².